The molecule has 1 aromatic heterocycles. The first-order chi connectivity index (χ1) is 39.2. The Balaban J connectivity index is 0.820. The Labute approximate surface area is 457 Å². The minimum Gasteiger partial charge on any atom is -0.456 e. The van der Waals surface area contributed by atoms with Gasteiger partial charge in [-0.2, -0.15) is 0 Å². The molecule has 0 radical (unpaired) electrons. The van der Waals surface area contributed by atoms with E-state index in [4.69, 9.17) is 4.42 Å². The fourth-order valence-corrected chi connectivity index (χ4v) is 13.1. The topological polar surface area (TPSA) is 13.1 Å². The molecular formula is C78H48O. The van der Waals surface area contributed by atoms with Crippen molar-refractivity contribution in [2.45, 2.75) is 0 Å². The average Bonchev–Trinajstić information content (AvgIpc) is 4.06. The fraction of sp³-hybridized carbons (Fsp3) is 0. The summed E-state index contributed by atoms with van der Waals surface area (Å²) in [5.41, 5.74) is 18.7. The molecule has 0 saturated carbocycles. The van der Waals surface area contributed by atoms with Crippen LogP contribution in [0.15, 0.2) is 296 Å². The molecule has 1 heterocycles. The average molecular weight is 1000 g/mol. The zero-order valence-corrected chi connectivity index (χ0v) is 43.1. The van der Waals surface area contributed by atoms with Crippen molar-refractivity contribution >= 4 is 86.6 Å². The number of furan rings is 1. The molecule has 16 aromatic rings. The fourth-order valence-electron chi connectivity index (χ4n) is 13.1. The monoisotopic (exact) mass is 1000 g/mol. The lowest BCUT2D eigenvalue weighted by molar-refractivity contribution is 0.669. The second-order valence-electron chi connectivity index (χ2n) is 21.0. The van der Waals surface area contributed by atoms with Crippen molar-refractivity contribution in [3.05, 3.63) is 291 Å². The standard InChI is InChI=1S/C78H48O/c1-2-19-50(20-3-1)71-46-52(41-44-70(71)78-68-34-14-12-32-66(68)77(67-33-13-15-35-69(67)78)56-42-43-61-60-27-16-17-36-73(60)79-74(61)48-56)49-37-39-51(40-38-49)75-62-28-8-10-30-64(62)76(65-31-11-9-29-63(65)75)55-23-18-22-53(45-55)72-47-54-21-4-5-24-57(54)58-25-6-7-26-59(58)72/h1-48H. The minimum atomic E-state index is 0.898. The van der Waals surface area contributed by atoms with Crippen LogP contribution in [0.4, 0.5) is 0 Å². The summed E-state index contributed by atoms with van der Waals surface area (Å²) < 4.78 is 6.46. The second-order valence-corrected chi connectivity index (χ2v) is 21.0. The van der Waals surface area contributed by atoms with Crippen LogP contribution in [0.3, 0.4) is 0 Å². The first-order valence-electron chi connectivity index (χ1n) is 27.3. The summed E-state index contributed by atoms with van der Waals surface area (Å²) in [6.07, 6.45) is 0. The number of para-hydroxylation sites is 1. The van der Waals surface area contributed by atoms with Crippen molar-refractivity contribution in [1.82, 2.24) is 0 Å². The predicted molar refractivity (Wildman–Crippen MR) is 337 cm³/mol. The summed E-state index contributed by atoms with van der Waals surface area (Å²) in [6, 6.07) is 107. The molecule has 15 aromatic carbocycles. The molecule has 0 aliphatic carbocycles. The van der Waals surface area contributed by atoms with Gasteiger partial charge in [-0.3, -0.25) is 0 Å². The second kappa shape index (κ2) is 18.2. The Bertz CT molecular complexity index is 5000. The molecule has 0 saturated heterocycles. The van der Waals surface area contributed by atoms with Crippen molar-refractivity contribution in [3.8, 4) is 77.9 Å². The largest absolute Gasteiger partial charge is 0.456 e. The number of hydrogen-bond acceptors (Lipinski definition) is 1. The van der Waals surface area contributed by atoms with Crippen LogP contribution in [-0.4, -0.2) is 0 Å². The summed E-state index contributed by atoms with van der Waals surface area (Å²) >= 11 is 0. The quantitative estimate of drug-likeness (QED) is 0.115. The number of hydrogen-bond donors (Lipinski definition) is 0. The maximum Gasteiger partial charge on any atom is 0.136 e. The highest BCUT2D eigenvalue weighted by Crippen LogP contribution is 2.49. The maximum atomic E-state index is 6.46. The van der Waals surface area contributed by atoms with Gasteiger partial charge in [0.25, 0.3) is 0 Å². The van der Waals surface area contributed by atoms with Crippen LogP contribution < -0.4 is 0 Å². The maximum absolute atomic E-state index is 6.46. The first-order valence-corrected chi connectivity index (χ1v) is 27.3. The lowest BCUT2D eigenvalue weighted by Gasteiger charge is -2.20. The third-order valence-electron chi connectivity index (χ3n) is 16.6. The molecule has 0 unspecified atom stereocenters. The van der Waals surface area contributed by atoms with Crippen LogP contribution in [0, 0.1) is 0 Å². The van der Waals surface area contributed by atoms with Crippen molar-refractivity contribution in [2.24, 2.45) is 0 Å². The zero-order valence-electron chi connectivity index (χ0n) is 43.1. The molecule has 0 fully saturated rings. The molecule has 0 aliphatic rings. The Hall–Kier alpha value is -10.3. The molecule has 1 nitrogen and oxygen atoms in total. The van der Waals surface area contributed by atoms with Crippen LogP contribution in [-0.2, 0) is 0 Å². The molecular weight excluding hydrogens is 953 g/mol. The first kappa shape index (κ1) is 44.9. The normalized spacial score (nSPS) is 11.8. The van der Waals surface area contributed by atoms with Crippen LogP contribution >= 0.6 is 0 Å². The van der Waals surface area contributed by atoms with E-state index in [1.54, 1.807) is 0 Å². The summed E-state index contributed by atoms with van der Waals surface area (Å²) in [4.78, 5) is 0. The van der Waals surface area contributed by atoms with Gasteiger partial charge in [0.15, 0.2) is 0 Å². The van der Waals surface area contributed by atoms with Crippen molar-refractivity contribution in [2.75, 3.05) is 0 Å². The van der Waals surface area contributed by atoms with Gasteiger partial charge >= 0.3 is 0 Å². The van der Waals surface area contributed by atoms with Crippen LogP contribution in [0.2, 0.25) is 0 Å². The van der Waals surface area contributed by atoms with E-state index >= 15 is 0 Å². The summed E-state index contributed by atoms with van der Waals surface area (Å²) in [5.74, 6) is 0. The third kappa shape index (κ3) is 7.24. The lowest BCUT2D eigenvalue weighted by Crippen LogP contribution is -1.93. The Morgan fingerprint density at radius 1 is 0.165 bits per heavy atom. The molecule has 0 N–H and O–H groups in total. The van der Waals surface area contributed by atoms with Crippen LogP contribution in [0.25, 0.3) is 164 Å². The summed E-state index contributed by atoms with van der Waals surface area (Å²) in [6.45, 7) is 0. The van der Waals surface area contributed by atoms with Crippen molar-refractivity contribution in [3.63, 3.8) is 0 Å². The van der Waals surface area contributed by atoms with Crippen LogP contribution in [0.1, 0.15) is 0 Å². The van der Waals surface area contributed by atoms with E-state index < -0.39 is 0 Å². The van der Waals surface area contributed by atoms with Gasteiger partial charge in [-0.05, 0) is 179 Å². The van der Waals surface area contributed by atoms with Crippen molar-refractivity contribution in [1.29, 1.82) is 0 Å². The number of benzene rings is 15. The molecule has 0 aliphatic heterocycles. The molecule has 16 rings (SSSR count). The third-order valence-corrected chi connectivity index (χ3v) is 16.6. The highest BCUT2D eigenvalue weighted by molar-refractivity contribution is 6.24. The molecule has 0 bridgehead atoms. The van der Waals surface area contributed by atoms with Gasteiger partial charge in [0, 0.05) is 10.8 Å². The minimum absolute atomic E-state index is 0.898. The highest BCUT2D eigenvalue weighted by Gasteiger charge is 2.22. The van der Waals surface area contributed by atoms with Crippen LogP contribution in [0.5, 0.6) is 0 Å². The zero-order chi connectivity index (χ0) is 52.0. The number of fused-ring (bicyclic) bond motifs is 10. The van der Waals surface area contributed by atoms with Crippen molar-refractivity contribution < 1.29 is 4.42 Å². The predicted octanol–water partition coefficient (Wildman–Crippen LogP) is 22.2. The molecule has 0 spiro atoms. The van der Waals surface area contributed by atoms with Gasteiger partial charge in [0.05, 0.1) is 0 Å². The van der Waals surface area contributed by atoms with E-state index in [0.29, 0.717) is 0 Å². The summed E-state index contributed by atoms with van der Waals surface area (Å²) in [5, 5.41) is 17.1. The van der Waals surface area contributed by atoms with E-state index in [-0.39, 0.29) is 0 Å². The van der Waals surface area contributed by atoms with Gasteiger partial charge in [-0.25, -0.2) is 0 Å². The van der Waals surface area contributed by atoms with E-state index in [0.717, 1.165) is 27.5 Å². The van der Waals surface area contributed by atoms with E-state index in [2.05, 4.69) is 285 Å². The SMILES string of the molecule is c1ccc(-c2cc(-c3ccc(-c4c5ccccc5c(-c5cccc(-c6cc7ccccc7c7ccccc67)c5)c5ccccc45)cc3)ccc2-c2c3ccccc3c(-c3ccc4c(c3)oc3ccccc34)c3ccccc23)cc1. The molecule has 79 heavy (non-hydrogen) atoms. The molecule has 0 amide bonds. The van der Waals surface area contributed by atoms with Gasteiger partial charge in [-0.1, -0.05) is 255 Å². The number of rotatable bonds is 7. The van der Waals surface area contributed by atoms with Gasteiger partial charge in [0.1, 0.15) is 11.2 Å². The Morgan fingerprint density at radius 3 is 1.23 bits per heavy atom. The Morgan fingerprint density at radius 2 is 0.595 bits per heavy atom. The van der Waals surface area contributed by atoms with E-state index in [9.17, 15) is 0 Å². The van der Waals surface area contributed by atoms with Gasteiger partial charge < -0.3 is 4.42 Å². The Kier molecular flexibility index (Phi) is 10.3. The van der Waals surface area contributed by atoms with E-state index in [1.807, 2.05) is 6.07 Å². The lowest BCUT2D eigenvalue weighted by atomic mass is 9.83. The van der Waals surface area contributed by atoms with E-state index in [1.165, 1.54) is 137 Å². The highest BCUT2D eigenvalue weighted by atomic mass is 16.3. The van der Waals surface area contributed by atoms with Gasteiger partial charge in [-0.15, -0.1) is 0 Å². The summed E-state index contributed by atoms with van der Waals surface area (Å²) in [7, 11) is 0. The smallest absolute Gasteiger partial charge is 0.136 e. The van der Waals surface area contributed by atoms with Gasteiger partial charge in [0.2, 0.25) is 0 Å². The molecule has 366 valence electrons. The molecule has 1 heteroatoms. The molecule has 0 atom stereocenters.